The molecule has 4 aromatic rings. The minimum absolute atomic E-state index is 0.679. The summed E-state index contributed by atoms with van der Waals surface area (Å²) >= 11 is 0. The molecule has 0 N–H and O–H groups in total. The van der Waals surface area contributed by atoms with Gasteiger partial charge in [-0.2, -0.15) is 0 Å². The van der Waals surface area contributed by atoms with Crippen LogP contribution < -0.4 is 18.7 Å². The Morgan fingerprint density at radius 2 is 0.689 bits per heavy atom. The highest BCUT2D eigenvalue weighted by atomic mass is 31.2. The molecule has 0 unspecified atom stereocenters. The Morgan fingerprint density at radius 1 is 0.444 bits per heavy atom. The van der Waals surface area contributed by atoms with Crippen LogP contribution in [0.1, 0.15) is 19.3 Å². The van der Waals surface area contributed by atoms with Gasteiger partial charge in [0.1, 0.15) is 0 Å². The second-order valence-electron chi connectivity index (χ2n) is 12.0. The van der Waals surface area contributed by atoms with Gasteiger partial charge >= 0.3 is 15.2 Å². The van der Waals surface area contributed by atoms with Gasteiger partial charge < -0.3 is 0 Å². The van der Waals surface area contributed by atoms with Crippen LogP contribution >= 0.6 is 15.2 Å². The third-order valence-corrected chi connectivity index (χ3v) is 15.7. The van der Waals surface area contributed by atoms with Gasteiger partial charge in [0.2, 0.25) is 0 Å². The summed E-state index contributed by atoms with van der Waals surface area (Å²) in [5.41, 5.74) is 8.23. The zero-order valence-electron chi connectivity index (χ0n) is 27.2. The van der Waals surface area contributed by atoms with Gasteiger partial charge in [-0.05, 0) is 51.2 Å². The fourth-order valence-corrected chi connectivity index (χ4v) is 12.2. The summed E-state index contributed by atoms with van der Waals surface area (Å²) in [5.74, 6) is 0. The van der Waals surface area contributed by atoms with E-state index in [1.807, 2.05) is 119 Å². The second kappa shape index (κ2) is 12.3. The molecule has 6 rings (SSSR count). The highest BCUT2D eigenvalue weighted by Gasteiger charge is 2.43. The molecule has 2 aliphatic heterocycles. The fourth-order valence-electron chi connectivity index (χ4n) is 6.93. The zero-order chi connectivity index (χ0) is 31.9. The topological polar surface area (TPSA) is 53.6 Å². The number of para-hydroxylation sites is 4. The summed E-state index contributed by atoms with van der Waals surface area (Å²) in [6, 6.07) is 32.9. The summed E-state index contributed by atoms with van der Waals surface area (Å²) in [4.78, 5) is 0. The Balaban J connectivity index is 1.15. The van der Waals surface area contributed by atoms with Gasteiger partial charge in [-0.3, -0.25) is 27.8 Å². The number of fused-ring (bicyclic) bond motifs is 6. The molecule has 45 heavy (non-hydrogen) atoms. The van der Waals surface area contributed by atoms with Crippen LogP contribution in [0.4, 0.5) is 22.7 Å². The van der Waals surface area contributed by atoms with E-state index in [0.29, 0.717) is 13.1 Å². The molecule has 0 saturated heterocycles. The molecule has 2 heterocycles. The van der Waals surface area contributed by atoms with Gasteiger partial charge in [-0.15, -0.1) is 0 Å². The molecule has 236 valence electrons. The number of nitrogens with zero attached hydrogens (tertiary/aromatic N) is 6. The first kappa shape index (κ1) is 31.4. The zero-order valence-corrected chi connectivity index (χ0v) is 29.0. The van der Waals surface area contributed by atoms with Crippen molar-refractivity contribution in [3.63, 3.8) is 0 Å². The molecule has 0 bridgehead atoms. The molecular weight excluding hydrogens is 598 g/mol. The van der Waals surface area contributed by atoms with Gasteiger partial charge in [0.05, 0.1) is 22.7 Å². The highest BCUT2D eigenvalue weighted by Crippen LogP contribution is 2.63. The highest BCUT2D eigenvalue weighted by molar-refractivity contribution is 7.65. The minimum atomic E-state index is -3.15. The quantitative estimate of drug-likeness (QED) is 0.140. The number of benzene rings is 4. The predicted molar refractivity (Wildman–Crippen MR) is 192 cm³/mol. The first-order chi connectivity index (χ1) is 21.6. The molecule has 0 fully saturated rings. The lowest BCUT2D eigenvalue weighted by Crippen LogP contribution is -2.36. The van der Waals surface area contributed by atoms with Crippen LogP contribution in [0.5, 0.6) is 0 Å². The maximum atomic E-state index is 15.0. The van der Waals surface area contributed by atoms with Crippen molar-refractivity contribution in [2.75, 3.05) is 74.1 Å². The molecule has 0 radical (unpaired) electrons. The van der Waals surface area contributed by atoms with Crippen LogP contribution in [-0.2, 0) is 9.13 Å². The monoisotopic (exact) mass is 642 g/mol. The number of hydrogen-bond donors (Lipinski definition) is 0. The maximum absolute atomic E-state index is 15.0. The van der Waals surface area contributed by atoms with E-state index in [4.69, 9.17) is 0 Å². The molecule has 0 aromatic heterocycles. The fraction of sp³-hybridized carbons (Fsp3) is 0.314. The lowest BCUT2D eigenvalue weighted by Gasteiger charge is -2.41. The smallest absolute Gasteiger partial charge is 0.297 e. The van der Waals surface area contributed by atoms with E-state index in [-0.39, 0.29) is 0 Å². The normalized spacial score (nSPS) is 16.5. The molecule has 0 saturated carbocycles. The van der Waals surface area contributed by atoms with Crippen molar-refractivity contribution >= 4 is 37.9 Å². The largest absolute Gasteiger partial charge is 0.334 e. The first-order valence-electron chi connectivity index (χ1n) is 15.6. The van der Waals surface area contributed by atoms with E-state index in [1.165, 1.54) is 0 Å². The van der Waals surface area contributed by atoms with Crippen LogP contribution in [-0.4, -0.2) is 64.7 Å². The molecule has 4 aromatic carbocycles. The molecule has 2 aliphatic rings. The van der Waals surface area contributed by atoms with E-state index < -0.39 is 15.2 Å². The molecule has 0 spiro atoms. The Kier molecular flexibility index (Phi) is 8.62. The van der Waals surface area contributed by atoms with Crippen LogP contribution in [0, 0.1) is 0 Å². The number of hydrogen-bond acceptors (Lipinski definition) is 2. The Morgan fingerprint density at radius 3 is 0.956 bits per heavy atom. The molecule has 0 atom stereocenters. The van der Waals surface area contributed by atoms with Gasteiger partial charge in [-0.1, -0.05) is 79.2 Å². The van der Waals surface area contributed by atoms with Crippen LogP contribution in [0.3, 0.4) is 0 Å². The third kappa shape index (κ3) is 5.09. The van der Waals surface area contributed by atoms with Crippen molar-refractivity contribution < 1.29 is 9.13 Å². The SMILES string of the molecule is CN(CCCCCN(C)P1(=O)N(C)c2ccccc2-c2ccccc2N1C)P1(=O)N(C)c2ccccc2-c2ccccc2N1C. The van der Waals surface area contributed by atoms with Crippen molar-refractivity contribution in [2.24, 2.45) is 0 Å². The Labute approximate surface area is 268 Å². The van der Waals surface area contributed by atoms with E-state index >= 15 is 0 Å². The van der Waals surface area contributed by atoms with Gasteiger partial charge in [0, 0.05) is 63.5 Å². The van der Waals surface area contributed by atoms with Crippen LogP contribution in [0.2, 0.25) is 0 Å². The van der Waals surface area contributed by atoms with E-state index in [2.05, 4.69) is 48.5 Å². The second-order valence-corrected chi connectivity index (χ2v) is 17.8. The van der Waals surface area contributed by atoms with Crippen molar-refractivity contribution in [1.82, 2.24) is 9.34 Å². The summed E-state index contributed by atoms with van der Waals surface area (Å²) in [6.45, 7) is 1.36. The number of rotatable bonds is 8. The summed E-state index contributed by atoms with van der Waals surface area (Å²) in [6.07, 6.45) is 2.68. The summed E-state index contributed by atoms with van der Waals surface area (Å²) < 4.78 is 41.9. The van der Waals surface area contributed by atoms with Crippen LogP contribution in [0.25, 0.3) is 22.3 Å². The molecular formula is C35H44N6O2P2. The Bertz CT molecular complexity index is 1560. The van der Waals surface area contributed by atoms with Crippen LogP contribution in [0.15, 0.2) is 97.1 Å². The van der Waals surface area contributed by atoms with Gasteiger partial charge in [0.25, 0.3) is 0 Å². The van der Waals surface area contributed by atoms with Crippen molar-refractivity contribution in [3.8, 4) is 22.3 Å². The Hall–Kier alpha value is -3.54. The maximum Gasteiger partial charge on any atom is 0.334 e. The van der Waals surface area contributed by atoms with E-state index in [1.54, 1.807) is 0 Å². The lowest BCUT2D eigenvalue weighted by molar-refractivity contribution is 0.423. The average Bonchev–Trinajstić information content (AvgIpc) is 3.20. The van der Waals surface area contributed by atoms with Crippen molar-refractivity contribution in [3.05, 3.63) is 97.1 Å². The van der Waals surface area contributed by atoms with Crippen molar-refractivity contribution in [1.29, 1.82) is 0 Å². The van der Waals surface area contributed by atoms with Gasteiger partial charge in [0.15, 0.2) is 0 Å². The first-order valence-corrected chi connectivity index (χ1v) is 18.7. The standard InChI is InChI=1S/C35H44N6O2P2/c1-36(44(42)38(3)32-22-12-8-18-28(32)29-19-9-13-23-33(29)39(44)4)26-16-7-17-27-37(2)45(43)40(5)34-24-14-10-20-30(34)31-21-11-15-25-35(31)41(45)6/h8-15,18-25H,7,16-17,26-27H2,1-6H3. The summed E-state index contributed by atoms with van der Waals surface area (Å²) in [5, 5.41) is 0. The van der Waals surface area contributed by atoms with E-state index in [9.17, 15) is 9.13 Å². The number of unbranched alkanes of at least 4 members (excludes halogenated alkanes) is 2. The predicted octanol–water partition coefficient (Wildman–Crippen LogP) is 8.74. The lowest BCUT2D eigenvalue weighted by atomic mass is 10.0. The third-order valence-electron chi connectivity index (χ3n) is 9.51. The van der Waals surface area contributed by atoms with Gasteiger partial charge in [-0.25, -0.2) is 9.34 Å². The molecule has 8 nitrogen and oxygen atoms in total. The minimum Gasteiger partial charge on any atom is -0.297 e. The molecule has 0 amide bonds. The average molecular weight is 643 g/mol. The van der Waals surface area contributed by atoms with E-state index in [0.717, 1.165) is 64.3 Å². The van der Waals surface area contributed by atoms with Crippen molar-refractivity contribution in [2.45, 2.75) is 19.3 Å². The molecule has 10 heteroatoms. The summed E-state index contributed by atoms with van der Waals surface area (Å²) in [7, 11) is 5.43. The molecule has 0 aliphatic carbocycles. The number of anilines is 4.